The number of hydrogen-bond donors (Lipinski definition) is 1. The van der Waals surface area contributed by atoms with Crippen molar-refractivity contribution in [2.24, 2.45) is 5.73 Å². The van der Waals surface area contributed by atoms with Crippen molar-refractivity contribution in [3.63, 3.8) is 0 Å². The van der Waals surface area contributed by atoms with E-state index in [1.807, 2.05) is 0 Å². The number of anilines is 1. The smallest absolute Gasteiger partial charge is 0.262 e. The van der Waals surface area contributed by atoms with Crippen LogP contribution in [0.5, 0.6) is 0 Å². The van der Waals surface area contributed by atoms with E-state index in [-0.39, 0.29) is 22.9 Å². The van der Waals surface area contributed by atoms with Gasteiger partial charge in [-0.2, -0.15) is 5.26 Å². The summed E-state index contributed by atoms with van der Waals surface area (Å²) in [5, 5.41) is 10.4. The number of nitrogens with zero attached hydrogens (tertiary/aromatic N) is 2. The number of hydrogen-bond acceptors (Lipinski definition) is 4. The summed E-state index contributed by atoms with van der Waals surface area (Å²) < 4.78 is 0. The lowest BCUT2D eigenvalue weighted by molar-refractivity contribution is -0.117. The van der Waals surface area contributed by atoms with E-state index in [4.69, 9.17) is 40.5 Å². The second-order valence-electron chi connectivity index (χ2n) is 5.85. The van der Waals surface area contributed by atoms with Crippen LogP contribution in [0.1, 0.15) is 5.56 Å². The van der Waals surface area contributed by atoms with E-state index in [9.17, 15) is 14.9 Å². The molecule has 0 saturated carbocycles. The predicted molar refractivity (Wildman–Crippen MR) is 112 cm³/mol. The zero-order chi connectivity index (χ0) is 20.4. The van der Waals surface area contributed by atoms with Gasteiger partial charge in [0.25, 0.3) is 5.91 Å². The molecule has 2 aromatic rings. The third-order valence-corrected chi connectivity index (χ3v) is 6.14. The molecular formula is C19H12Cl3N3O2S. The molecule has 1 aliphatic heterocycles. The van der Waals surface area contributed by atoms with Crippen LogP contribution in [0.4, 0.5) is 5.69 Å². The van der Waals surface area contributed by atoms with E-state index in [1.54, 1.807) is 48.5 Å². The van der Waals surface area contributed by atoms with E-state index in [0.29, 0.717) is 26.3 Å². The van der Waals surface area contributed by atoms with Crippen molar-refractivity contribution in [3.05, 3.63) is 73.7 Å². The average molecular weight is 453 g/mol. The highest BCUT2D eigenvalue weighted by atomic mass is 35.5. The van der Waals surface area contributed by atoms with Crippen molar-refractivity contribution in [2.45, 2.75) is 11.7 Å². The van der Waals surface area contributed by atoms with Gasteiger partial charge in [-0.3, -0.25) is 14.5 Å². The van der Waals surface area contributed by atoms with Crippen LogP contribution < -0.4 is 10.6 Å². The number of nitrogens with two attached hydrogens (primary N) is 1. The summed E-state index contributed by atoms with van der Waals surface area (Å²) in [7, 11) is 0. The fourth-order valence-electron chi connectivity index (χ4n) is 2.72. The van der Waals surface area contributed by atoms with Gasteiger partial charge in [-0.05, 0) is 54.4 Å². The molecule has 142 valence electrons. The Hall–Kier alpha value is -2.17. The number of rotatable bonds is 4. The maximum atomic E-state index is 13.1. The molecule has 3 rings (SSSR count). The van der Waals surface area contributed by atoms with Crippen molar-refractivity contribution in [1.29, 1.82) is 5.26 Å². The highest BCUT2D eigenvalue weighted by Crippen LogP contribution is 2.42. The zero-order valence-electron chi connectivity index (χ0n) is 14.2. The van der Waals surface area contributed by atoms with Crippen molar-refractivity contribution >= 4 is 64.1 Å². The number of primary amides is 1. The van der Waals surface area contributed by atoms with E-state index in [0.717, 1.165) is 11.8 Å². The number of amides is 2. The van der Waals surface area contributed by atoms with Crippen LogP contribution in [-0.4, -0.2) is 17.1 Å². The second kappa shape index (κ2) is 8.46. The van der Waals surface area contributed by atoms with Gasteiger partial charge in [0.1, 0.15) is 16.7 Å². The molecule has 2 amide bonds. The van der Waals surface area contributed by atoms with E-state index in [1.165, 1.54) is 4.90 Å². The van der Waals surface area contributed by atoms with Crippen LogP contribution >= 0.6 is 46.6 Å². The highest BCUT2D eigenvalue weighted by Gasteiger charge is 2.40. The fraction of sp³-hybridized carbons (Fsp3) is 0.105. The Kier molecular flexibility index (Phi) is 6.21. The van der Waals surface area contributed by atoms with Crippen molar-refractivity contribution in [1.82, 2.24) is 0 Å². The first-order valence-corrected chi connectivity index (χ1v) is 9.97. The highest BCUT2D eigenvalue weighted by molar-refractivity contribution is 8.05. The van der Waals surface area contributed by atoms with Crippen molar-refractivity contribution in [2.75, 3.05) is 4.90 Å². The SMILES string of the molecule is N#C/C(C(N)=O)=C1/S[C@@H](Cc2cc(Cl)ccc2Cl)C(=O)N1c1ccc(Cl)cc1. The van der Waals surface area contributed by atoms with Crippen LogP contribution in [0.3, 0.4) is 0 Å². The number of nitriles is 1. The number of thioether (sulfide) groups is 1. The van der Waals surface area contributed by atoms with Gasteiger partial charge >= 0.3 is 0 Å². The largest absolute Gasteiger partial charge is 0.365 e. The molecule has 1 atom stereocenters. The van der Waals surface area contributed by atoms with Crippen molar-refractivity contribution in [3.8, 4) is 6.07 Å². The molecule has 1 aliphatic rings. The zero-order valence-corrected chi connectivity index (χ0v) is 17.2. The van der Waals surface area contributed by atoms with Gasteiger partial charge in [0.05, 0.1) is 5.25 Å². The van der Waals surface area contributed by atoms with Crippen LogP contribution in [-0.2, 0) is 16.0 Å². The Balaban J connectivity index is 2.05. The summed E-state index contributed by atoms with van der Waals surface area (Å²) in [5.41, 5.74) is 6.23. The Labute approximate surface area is 180 Å². The minimum Gasteiger partial charge on any atom is -0.365 e. The van der Waals surface area contributed by atoms with Gasteiger partial charge in [0, 0.05) is 20.8 Å². The van der Waals surface area contributed by atoms with E-state index >= 15 is 0 Å². The molecule has 1 fully saturated rings. The molecule has 1 saturated heterocycles. The minimum absolute atomic E-state index is 0.186. The number of benzene rings is 2. The van der Waals surface area contributed by atoms with Crippen molar-refractivity contribution < 1.29 is 9.59 Å². The molecule has 0 bridgehead atoms. The van der Waals surface area contributed by atoms with Crippen LogP contribution in [0.25, 0.3) is 0 Å². The lowest BCUT2D eigenvalue weighted by Gasteiger charge is -2.18. The summed E-state index contributed by atoms with van der Waals surface area (Å²) in [6, 6.07) is 13.3. The Bertz CT molecular complexity index is 1030. The Morgan fingerprint density at radius 1 is 1.14 bits per heavy atom. The topological polar surface area (TPSA) is 87.2 Å². The molecule has 28 heavy (non-hydrogen) atoms. The predicted octanol–water partition coefficient (Wildman–Crippen LogP) is 4.56. The molecule has 5 nitrogen and oxygen atoms in total. The fourth-order valence-corrected chi connectivity index (χ4v) is 4.54. The first-order valence-electron chi connectivity index (χ1n) is 7.96. The molecule has 0 radical (unpaired) electrons. The normalized spacial score (nSPS) is 18.1. The van der Waals surface area contributed by atoms with Gasteiger partial charge in [-0.15, -0.1) is 0 Å². The first-order chi connectivity index (χ1) is 13.3. The quantitative estimate of drug-likeness (QED) is 0.544. The molecule has 9 heteroatoms. The molecule has 2 aromatic carbocycles. The van der Waals surface area contributed by atoms with Gasteiger partial charge in [0.2, 0.25) is 5.91 Å². The molecule has 0 unspecified atom stereocenters. The average Bonchev–Trinajstić information content (AvgIpc) is 2.95. The molecule has 1 heterocycles. The van der Waals surface area contributed by atoms with Gasteiger partial charge < -0.3 is 5.73 Å². The number of carbonyl (C=O) groups is 2. The molecule has 0 aliphatic carbocycles. The number of halogens is 3. The lowest BCUT2D eigenvalue weighted by Crippen LogP contribution is -2.31. The van der Waals surface area contributed by atoms with Gasteiger partial charge in [0.15, 0.2) is 0 Å². The monoisotopic (exact) mass is 451 g/mol. The third kappa shape index (κ3) is 4.13. The maximum absolute atomic E-state index is 13.1. The third-order valence-electron chi connectivity index (χ3n) is 4.02. The molecule has 2 N–H and O–H groups in total. The summed E-state index contributed by atoms with van der Waals surface area (Å²) in [4.78, 5) is 26.2. The van der Waals surface area contributed by atoms with E-state index < -0.39 is 11.2 Å². The molecule has 0 aromatic heterocycles. The van der Waals surface area contributed by atoms with Gasteiger partial charge in [-0.1, -0.05) is 46.6 Å². The van der Waals surface area contributed by atoms with Gasteiger partial charge in [-0.25, -0.2) is 0 Å². The van der Waals surface area contributed by atoms with Crippen LogP contribution in [0.2, 0.25) is 15.1 Å². The van der Waals surface area contributed by atoms with Crippen LogP contribution in [0, 0.1) is 11.3 Å². The summed E-state index contributed by atoms with van der Waals surface area (Å²) in [5.74, 6) is -1.20. The minimum atomic E-state index is -0.904. The first kappa shape index (κ1) is 20.6. The summed E-state index contributed by atoms with van der Waals surface area (Å²) in [6.45, 7) is 0. The lowest BCUT2D eigenvalue weighted by atomic mass is 10.1. The molecule has 0 spiro atoms. The standard InChI is InChI=1S/C19H12Cl3N3O2S/c20-11-1-4-13(5-2-11)25-18(27)16(28-19(25)14(9-23)17(24)26)8-10-7-12(21)3-6-15(10)22/h1-7,16H,8H2,(H2,24,26)/b19-14-/t16-/m0/s1. The molecular weight excluding hydrogens is 441 g/mol. The summed E-state index contributed by atoms with van der Waals surface area (Å²) in [6.07, 6.45) is 0.272. The number of carbonyl (C=O) groups excluding carboxylic acids is 2. The summed E-state index contributed by atoms with van der Waals surface area (Å²) >= 11 is 19.3. The van der Waals surface area contributed by atoms with Crippen LogP contribution in [0.15, 0.2) is 53.1 Å². The Morgan fingerprint density at radius 2 is 1.79 bits per heavy atom. The van der Waals surface area contributed by atoms with E-state index in [2.05, 4.69) is 0 Å². The maximum Gasteiger partial charge on any atom is 0.262 e. The Morgan fingerprint density at radius 3 is 2.39 bits per heavy atom. The second-order valence-corrected chi connectivity index (χ2v) is 8.32.